The third-order valence-corrected chi connectivity index (χ3v) is 4.75. The van der Waals surface area contributed by atoms with E-state index in [2.05, 4.69) is 52.8 Å². The van der Waals surface area contributed by atoms with Crippen molar-refractivity contribution >= 4 is 22.4 Å². The third kappa shape index (κ3) is 1.74. The van der Waals surface area contributed by atoms with Crippen LogP contribution in [-0.2, 0) is 11.2 Å². The van der Waals surface area contributed by atoms with E-state index < -0.39 is 0 Å². The second-order valence-corrected chi connectivity index (χ2v) is 5.94. The fourth-order valence-electron chi connectivity index (χ4n) is 3.72. The molecule has 1 aromatic carbocycles. The van der Waals surface area contributed by atoms with E-state index in [-0.39, 0.29) is 11.8 Å². The van der Waals surface area contributed by atoms with Crippen LogP contribution < -0.4 is 11.3 Å². The highest BCUT2D eigenvalue weighted by atomic mass is 16.2. The molecule has 0 bridgehead atoms. The van der Waals surface area contributed by atoms with Crippen LogP contribution in [0.2, 0.25) is 0 Å². The van der Waals surface area contributed by atoms with Gasteiger partial charge in [-0.3, -0.25) is 15.1 Å². The zero-order chi connectivity index (χ0) is 14.6. The highest BCUT2D eigenvalue weighted by molar-refractivity contribution is 5.99. The second kappa shape index (κ2) is 4.44. The van der Waals surface area contributed by atoms with Crippen LogP contribution in [0.3, 0.4) is 0 Å². The van der Waals surface area contributed by atoms with Gasteiger partial charge in [-0.05, 0) is 36.2 Å². The van der Waals surface area contributed by atoms with Crippen molar-refractivity contribution < 1.29 is 4.79 Å². The van der Waals surface area contributed by atoms with Crippen LogP contribution in [0.1, 0.15) is 11.1 Å². The van der Waals surface area contributed by atoms with Gasteiger partial charge in [-0.25, -0.2) is 5.84 Å². The lowest BCUT2D eigenvalue weighted by Gasteiger charge is -2.39. The number of rotatable bonds is 1. The average molecular weight is 282 g/mol. The van der Waals surface area contributed by atoms with E-state index in [1.54, 1.807) is 0 Å². The van der Waals surface area contributed by atoms with E-state index >= 15 is 0 Å². The van der Waals surface area contributed by atoms with Crippen LogP contribution >= 0.6 is 0 Å². The van der Waals surface area contributed by atoms with Crippen LogP contribution in [0.4, 0.5) is 0 Å². The van der Waals surface area contributed by atoms with Crippen LogP contribution in [-0.4, -0.2) is 35.4 Å². The Labute approximate surface area is 122 Å². The topological polar surface area (TPSA) is 74.2 Å². The van der Waals surface area contributed by atoms with Crippen molar-refractivity contribution in [1.29, 1.82) is 0 Å². The van der Waals surface area contributed by atoms with Gasteiger partial charge in [0.15, 0.2) is 0 Å². The lowest BCUT2D eigenvalue weighted by Crippen LogP contribution is -2.47. The number of likely N-dealkylation sites (N-methyl/N-ethyl adjacent to an activating group) is 1. The normalized spacial score (nSPS) is 24.6. The Balaban J connectivity index is 1.91. The number of hydrogen-bond donors (Lipinski definition) is 3. The number of hydrazine groups is 1. The molecule has 4 rings (SSSR count). The van der Waals surface area contributed by atoms with Crippen molar-refractivity contribution in [3.05, 3.63) is 41.6 Å². The monoisotopic (exact) mass is 282 g/mol. The summed E-state index contributed by atoms with van der Waals surface area (Å²) in [4.78, 5) is 17.5. The Morgan fingerprint density at radius 1 is 1.48 bits per heavy atom. The smallest absolute Gasteiger partial charge is 0.242 e. The van der Waals surface area contributed by atoms with Gasteiger partial charge in [0.2, 0.25) is 5.91 Å². The van der Waals surface area contributed by atoms with Crippen molar-refractivity contribution in [3.8, 4) is 0 Å². The van der Waals surface area contributed by atoms with E-state index in [4.69, 9.17) is 5.84 Å². The molecule has 5 nitrogen and oxygen atoms in total. The van der Waals surface area contributed by atoms with Crippen LogP contribution in [0.15, 0.2) is 30.5 Å². The molecule has 0 spiro atoms. The summed E-state index contributed by atoms with van der Waals surface area (Å²) < 4.78 is 0. The van der Waals surface area contributed by atoms with Crippen LogP contribution in [0, 0.1) is 5.92 Å². The molecule has 2 heterocycles. The molecule has 2 aromatic rings. The quantitative estimate of drug-likeness (QED) is 0.415. The number of amides is 1. The zero-order valence-electron chi connectivity index (χ0n) is 11.9. The molecule has 108 valence electrons. The fourth-order valence-corrected chi connectivity index (χ4v) is 3.72. The van der Waals surface area contributed by atoms with Crippen LogP contribution in [0.25, 0.3) is 16.5 Å². The maximum Gasteiger partial charge on any atom is 0.242 e. The Morgan fingerprint density at radius 3 is 3.14 bits per heavy atom. The second-order valence-electron chi connectivity index (χ2n) is 5.94. The first-order valence-electron chi connectivity index (χ1n) is 7.21. The fraction of sp³-hybridized carbons (Fsp3) is 0.312. The van der Waals surface area contributed by atoms with Crippen LogP contribution in [0.5, 0.6) is 0 Å². The molecule has 21 heavy (non-hydrogen) atoms. The summed E-state index contributed by atoms with van der Waals surface area (Å²) in [5, 5.41) is 1.29. The SMILES string of the molecule is CN1C[C@@H](C(=O)NN)C=C2c3cccc4[nH]cc(c34)C[C@H]21. The minimum Gasteiger partial charge on any atom is -0.361 e. The van der Waals surface area contributed by atoms with Gasteiger partial charge in [-0.2, -0.15) is 0 Å². The van der Waals surface area contributed by atoms with E-state index in [0.29, 0.717) is 12.6 Å². The Morgan fingerprint density at radius 2 is 2.33 bits per heavy atom. The van der Waals surface area contributed by atoms with E-state index in [1.807, 2.05) is 0 Å². The number of aromatic nitrogens is 1. The van der Waals surface area contributed by atoms with E-state index in [1.165, 1.54) is 22.1 Å². The predicted molar refractivity (Wildman–Crippen MR) is 82.2 cm³/mol. The Kier molecular flexibility index (Phi) is 2.67. The first kappa shape index (κ1) is 12.6. The molecule has 0 unspecified atom stereocenters. The lowest BCUT2D eigenvalue weighted by atomic mass is 9.80. The van der Waals surface area contributed by atoms with Gasteiger partial charge in [0.05, 0.1) is 5.92 Å². The number of nitrogens with zero attached hydrogens (tertiary/aromatic N) is 1. The van der Waals surface area contributed by atoms with Crippen molar-refractivity contribution in [1.82, 2.24) is 15.3 Å². The minimum absolute atomic E-state index is 0.125. The molecule has 0 saturated heterocycles. The maximum atomic E-state index is 11.9. The van der Waals surface area contributed by atoms with Gasteiger partial charge in [-0.1, -0.05) is 18.2 Å². The molecule has 1 aromatic heterocycles. The largest absolute Gasteiger partial charge is 0.361 e. The first-order valence-corrected chi connectivity index (χ1v) is 7.21. The summed E-state index contributed by atoms with van der Waals surface area (Å²) in [5.41, 5.74) is 7.28. The zero-order valence-corrected chi connectivity index (χ0v) is 11.9. The molecule has 0 fully saturated rings. The molecule has 2 aliphatic rings. The van der Waals surface area contributed by atoms with Gasteiger partial charge in [0.1, 0.15) is 0 Å². The molecule has 1 amide bonds. The van der Waals surface area contributed by atoms with Gasteiger partial charge < -0.3 is 4.98 Å². The molecular formula is C16H18N4O. The Bertz CT molecular complexity index is 761. The predicted octanol–water partition coefficient (Wildman–Crippen LogP) is 1.03. The molecule has 0 saturated carbocycles. The molecule has 1 aliphatic carbocycles. The molecule has 1 aliphatic heterocycles. The van der Waals surface area contributed by atoms with Gasteiger partial charge in [0, 0.05) is 29.7 Å². The lowest BCUT2D eigenvalue weighted by molar-refractivity contribution is -0.124. The van der Waals surface area contributed by atoms with Crippen molar-refractivity contribution in [2.24, 2.45) is 11.8 Å². The third-order valence-electron chi connectivity index (χ3n) is 4.75. The first-order chi connectivity index (χ1) is 10.2. The number of nitrogens with one attached hydrogen (secondary N) is 2. The minimum atomic E-state index is -0.193. The van der Waals surface area contributed by atoms with Crippen molar-refractivity contribution in [2.45, 2.75) is 12.5 Å². The molecule has 4 N–H and O–H groups in total. The summed E-state index contributed by atoms with van der Waals surface area (Å²) in [7, 11) is 2.08. The number of H-pyrrole nitrogens is 1. The number of carbonyl (C=O) groups is 1. The number of carbonyl (C=O) groups excluding carboxylic acids is 1. The number of aromatic amines is 1. The van der Waals surface area contributed by atoms with E-state index in [0.717, 1.165) is 11.9 Å². The number of nitrogens with two attached hydrogens (primary N) is 1. The summed E-state index contributed by atoms with van der Waals surface area (Å²) in [5.74, 6) is 4.98. The summed E-state index contributed by atoms with van der Waals surface area (Å²) in [6.45, 7) is 0.701. The van der Waals surface area contributed by atoms with Gasteiger partial charge in [0.25, 0.3) is 0 Å². The van der Waals surface area contributed by atoms with Gasteiger partial charge >= 0.3 is 0 Å². The number of benzene rings is 1. The Hall–Kier alpha value is -2.11. The summed E-state index contributed by atoms with van der Waals surface area (Å²) in [6.07, 6.45) is 5.19. The standard InChI is InChI=1S/C16H18N4O/c1-20-8-10(16(21)19-17)5-12-11-3-2-4-13-15(11)9(7-18-13)6-14(12)20/h2-5,7,10,14,18H,6,8,17H2,1H3,(H,19,21)/t10-,14+/m0/s1. The molecule has 0 radical (unpaired) electrons. The highest BCUT2D eigenvalue weighted by Crippen LogP contribution is 2.40. The average Bonchev–Trinajstić information content (AvgIpc) is 2.92. The summed E-state index contributed by atoms with van der Waals surface area (Å²) >= 11 is 0. The number of hydrogen-bond acceptors (Lipinski definition) is 3. The number of fused-ring (bicyclic) bond motifs is 2. The van der Waals surface area contributed by atoms with Gasteiger partial charge in [-0.15, -0.1) is 0 Å². The summed E-state index contributed by atoms with van der Waals surface area (Å²) in [6, 6.07) is 6.64. The van der Waals surface area contributed by atoms with Crippen molar-refractivity contribution in [3.63, 3.8) is 0 Å². The molecule has 5 heteroatoms. The molecule has 2 atom stereocenters. The highest BCUT2D eigenvalue weighted by Gasteiger charge is 2.35. The molecular weight excluding hydrogens is 264 g/mol. The van der Waals surface area contributed by atoms with E-state index in [9.17, 15) is 4.79 Å². The maximum absolute atomic E-state index is 11.9. The van der Waals surface area contributed by atoms with Crippen molar-refractivity contribution in [2.75, 3.05) is 13.6 Å².